The fraction of sp³-hybridized carbons (Fsp3) is 0.586. The van der Waals surface area contributed by atoms with Gasteiger partial charge >= 0.3 is 0 Å². The number of phenols is 1. The number of allylic oxidation sites excluding steroid dienone is 1. The van der Waals surface area contributed by atoms with Crippen molar-refractivity contribution in [3.63, 3.8) is 0 Å². The molecule has 3 aliphatic heterocycles. The monoisotopic (exact) mass is 488 g/mol. The zero-order chi connectivity index (χ0) is 24.6. The third-order valence-electron chi connectivity index (χ3n) is 10.5. The van der Waals surface area contributed by atoms with Gasteiger partial charge in [0.2, 0.25) is 0 Å². The van der Waals surface area contributed by atoms with Crippen LogP contribution in [0.5, 0.6) is 11.5 Å². The fourth-order valence-corrected chi connectivity index (χ4v) is 8.74. The van der Waals surface area contributed by atoms with Crippen LogP contribution in [0, 0.1) is 5.92 Å². The van der Waals surface area contributed by atoms with Gasteiger partial charge in [-0.2, -0.15) is 0 Å². The second-order valence-electron chi connectivity index (χ2n) is 12.3. The van der Waals surface area contributed by atoms with Gasteiger partial charge in [-0.15, -0.1) is 0 Å². The van der Waals surface area contributed by atoms with Gasteiger partial charge in [-0.25, -0.2) is 0 Å². The molecule has 1 unspecified atom stereocenters. The minimum Gasteiger partial charge on any atom is -0.504 e. The van der Waals surface area contributed by atoms with E-state index in [1.807, 2.05) is 6.07 Å². The van der Waals surface area contributed by atoms with Crippen LogP contribution in [0.4, 0.5) is 0 Å². The number of hydrogen-bond acceptors (Lipinski definition) is 6. The van der Waals surface area contributed by atoms with Crippen LogP contribution in [-0.4, -0.2) is 68.7 Å². The van der Waals surface area contributed by atoms with E-state index < -0.39 is 23.2 Å². The van der Waals surface area contributed by atoms with Crippen LogP contribution in [0.25, 0.3) is 0 Å². The molecule has 2 bridgehead atoms. The molecule has 0 radical (unpaired) electrons. The van der Waals surface area contributed by atoms with Gasteiger partial charge in [0.25, 0.3) is 11.8 Å². The quantitative estimate of drug-likeness (QED) is 0.502. The van der Waals surface area contributed by atoms with Gasteiger partial charge in [-0.05, 0) is 81.9 Å². The van der Waals surface area contributed by atoms with Crippen molar-refractivity contribution in [2.24, 2.45) is 5.92 Å². The number of phenolic OH excluding ortho intramolecular Hbond substituents is 1. The standard InChI is InChI=1S/C29H32N2O5/c1-15-2-6-18-19(12-15)27(34)31(26(18)33)20-8-9-29(35)22-13-17-5-7-21(32)24-23(17)28(29,25(20)36-24)10-11-30(22)14-16-3-4-16/h5,7,16,20,22,25,32,35H,1-4,6,8-14H2/t20?,22-,25+,28+,29-/m1/s1. The van der Waals surface area contributed by atoms with E-state index in [-0.39, 0.29) is 23.6 Å². The Morgan fingerprint density at radius 2 is 1.89 bits per heavy atom. The number of aromatic hydroxyl groups is 1. The van der Waals surface area contributed by atoms with Crippen molar-refractivity contribution in [1.29, 1.82) is 0 Å². The van der Waals surface area contributed by atoms with Crippen molar-refractivity contribution in [3.05, 3.63) is 46.6 Å². The first-order chi connectivity index (χ1) is 17.3. The first-order valence-corrected chi connectivity index (χ1v) is 13.6. The molecule has 5 atom stereocenters. The molecule has 1 aromatic rings. The number of imide groups is 1. The molecular formula is C29H32N2O5. The summed E-state index contributed by atoms with van der Waals surface area (Å²) in [5.41, 5.74) is 2.49. The number of benzene rings is 1. The molecule has 8 rings (SSSR count). The number of nitrogens with zero attached hydrogens (tertiary/aromatic N) is 2. The third-order valence-corrected chi connectivity index (χ3v) is 10.5. The van der Waals surface area contributed by atoms with Crippen LogP contribution >= 0.6 is 0 Å². The SMILES string of the molecule is C=C1CCC2=C(C1)C(=O)N(C1CC[C@@]3(O)[C@H]4Cc5ccc(O)c6c5[C@@]3(CCN4CC3CC3)[C@H]1O6)C2=O. The normalized spacial score (nSPS) is 38.9. The molecule has 3 heterocycles. The Labute approximate surface area is 210 Å². The highest BCUT2D eigenvalue weighted by molar-refractivity contribution is 6.20. The van der Waals surface area contributed by atoms with Crippen LogP contribution < -0.4 is 4.74 Å². The minimum atomic E-state index is -1.03. The zero-order valence-electron chi connectivity index (χ0n) is 20.5. The topological polar surface area (TPSA) is 90.3 Å². The van der Waals surface area contributed by atoms with Crippen molar-refractivity contribution < 1.29 is 24.5 Å². The van der Waals surface area contributed by atoms with E-state index in [0.717, 1.165) is 48.5 Å². The number of carbonyl (C=O) groups is 2. The lowest BCUT2D eigenvalue weighted by molar-refractivity contribution is -0.201. The number of ether oxygens (including phenoxy) is 1. The molecule has 2 N–H and O–H groups in total. The van der Waals surface area contributed by atoms with Gasteiger partial charge in [0.1, 0.15) is 6.10 Å². The highest BCUT2D eigenvalue weighted by Crippen LogP contribution is 2.66. The fourth-order valence-electron chi connectivity index (χ4n) is 8.74. The first kappa shape index (κ1) is 21.4. The van der Waals surface area contributed by atoms with E-state index in [4.69, 9.17) is 4.74 Å². The lowest BCUT2D eigenvalue weighted by Crippen LogP contribution is -2.78. The summed E-state index contributed by atoms with van der Waals surface area (Å²) in [7, 11) is 0. The summed E-state index contributed by atoms with van der Waals surface area (Å²) >= 11 is 0. The van der Waals surface area contributed by atoms with Crippen LogP contribution in [0.2, 0.25) is 0 Å². The second-order valence-corrected chi connectivity index (χ2v) is 12.3. The summed E-state index contributed by atoms with van der Waals surface area (Å²) in [4.78, 5) is 31.2. The van der Waals surface area contributed by atoms with Crippen molar-refractivity contribution in [1.82, 2.24) is 9.80 Å². The van der Waals surface area contributed by atoms with Gasteiger partial charge in [0.15, 0.2) is 11.5 Å². The summed E-state index contributed by atoms with van der Waals surface area (Å²) in [6, 6.07) is 3.18. The predicted molar refractivity (Wildman–Crippen MR) is 130 cm³/mol. The lowest BCUT2D eigenvalue weighted by Gasteiger charge is -2.64. The molecule has 188 valence electrons. The van der Waals surface area contributed by atoms with Crippen molar-refractivity contribution in [2.75, 3.05) is 13.1 Å². The second kappa shape index (κ2) is 6.81. The highest BCUT2D eigenvalue weighted by Gasteiger charge is 2.74. The first-order valence-electron chi connectivity index (χ1n) is 13.6. The number of rotatable bonds is 3. The maximum absolute atomic E-state index is 13.6. The Kier molecular flexibility index (Phi) is 4.06. The Hall–Kier alpha value is -2.64. The highest BCUT2D eigenvalue weighted by atomic mass is 16.5. The summed E-state index contributed by atoms with van der Waals surface area (Å²) < 4.78 is 6.59. The predicted octanol–water partition coefficient (Wildman–Crippen LogP) is 2.73. The number of amides is 2. The lowest BCUT2D eigenvalue weighted by atomic mass is 9.48. The number of carbonyl (C=O) groups excluding carboxylic acids is 2. The minimum absolute atomic E-state index is 0.0264. The Morgan fingerprint density at radius 1 is 1.08 bits per heavy atom. The molecule has 7 nitrogen and oxygen atoms in total. The number of aliphatic hydroxyl groups is 1. The summed E-state index contributed by atoms with van der Waals surface area (Å²) in [6.45, 7) is 5.93. The molecule has 3 fully saturated rings. The van der Waals surface area contributed by atoms with Gasteiger partial charge in [0.05, 0.1) is 17.1 Å². The maximum Gasteiger partial charge on any atom is 0.257 e. The van der Waals surface area contributed by atoms with Crippen LogP contribution in [0.15, 0.2) is 35.4 Å². The molecule has 4 aliphatic carbocycles. The molecule has 2 amide bonds. The van der Waals surface area contributed by atoms with Crippen LogP contribution in [0.3, 0.4) is 0 Å². The van der Waals surface area contributed by atoms with Gasteiger partial charge in [-0.1, -0.05) is 18.2 Å². The molecule has 1 aromatic carbocycles. The largest absolute Gasteiger partial charge is 0.504 e. The average molecular weight is 489 g/mol. The molecular weight excluding hydrogens is 456 g/mol. The van der Waals surface area contributed by atoms with Gasteiger partial charge in [-0.3, -0.25) is 19.4 Å². The molecule has 7 aliphatic rings. The van der Waals surface area contributed by atoms with E-state index in [2.05, 4.69) is 11.5 Å². The average Bonchev–Trinajstić information content (AvgIpc) is 3.55. The molecule has 2 saturated carbocycles. The Balaban J connectivity index is 1.25. The number of likely N-dealkylation sites (tertiary alicyclic amines) is 1. The zero-order valence-corrected chi connectivity index (χ0v) is 20.5. The van der Waals surface area contributed by atoms with Gasteiger partial charge < -0.3 is 14.9 Å². The number of hydrogen-bond donors (Lipinski definition) is 2. The Bertz CT molecular complexity index is 1300. The molecule has 1 saturated heterocycles. The van der Waals surface area contributed by atoms with Crippen LogP contribution in [-0.2, 0) is 21.4 Å². The van der Waals surface area contributed by atoms with Crippen molar-refractivity contribution in [2.45, 2.75) is 87.0 Å². The summed E-state index contributed by atoms with van der Waals surface area (Å²) in [6.07, 6.45) is 6.15. The summed E-state index contributed by atoms with van der Waals surface area (Å²) in [5, 5.41) is 23.5. The molecule has 36 heavy (non-hydrogen) atoms. The van der Waals surface area contributed by atoms with Crippen molar-refractivity contribution >= 4 is 11.8 Å². The third kappa shape index (κ3) is 2.42. The van der Waals surface area contributed by atoms with E-state index in [9.17, 15) is 19.8 Å². The van der Waals surface area contributed by atoms with Crippen LogP contribution in [0.1, 0.15) is 62.5 Å². The van der Waals surface area contributed by atoms with E-state index in [1.165, 1.54) is 17.7 Å². The van der Waals surface area contributed by atoms with E-state index in [0.29, 0.717) is 49.0 Å². The van der Waals surface area contributed by atoms with Gasteiger partial charge in [0, 0.05) is 29.3 Å². The van der Waals surface area contributed by atoms with E-state index >= 15 is 0 Å². The van der Waals surface area contributed by atoms with E-state index in [1.54, 1.807) is 6.07 Å². The Morgan fingerprint density at radius 3 is 2.69 bits per heavy atom. The molecule has 1 spiro atoms. The number of piperidine rings is 1. The smallest absolute Gasteiger partial charge is 0.257 e. The summed E-state index contributed by atoms with van der Waals surface area (Å²) in [5.74, 6) is 0.827. The molecule has 0 aromatic heterocycles. The molecule has 7 heteroatoms. The van der Waals surface area contributed by atoms with Crippen molar-refractivity contribution in [3.8, 4) is 11.5 Å². The maximum atomic E-state index is 13.6.